The number of benzene rings is 2. The predicted molar refractivity (Wildman–Crippen MR) is 101 cm³/mol. The van der Waals surface area contributed by atoms with E-state index in [1.807, 2.05) is 6.07 Å². The Hall–Kier alpha value is -3.63. The van der Waals surface area contributed by atoms with Crippen molar-refractivity contribution >= 4 is 40.5 Å². The van der Waals surface area contributed by atoms with Crippen molar-refractivity contribution in [2.75, 3.05) is 0 Å². The zero-order valence-electron chi connectivity index (χ0n) is 14.3. The molecular formula is C20H12ClFN4O2. The highest BCUT2D eigenvalue weighted by Crippen LogP contribution is 2.28. The van der Waals surface area contributed by atoms with E-state index in [1.54, 1.807) is 30.3 Å². The Morgan fingerprint density at radius 3 is 2.86 bits per heavy atom. The molecule has 138 valence electrons. The van der Waals surface area contributed by atoms with E-state index in [4.69, 9.17) is 16.9 Å². The molecule has 3 amide bonds. The monoisotopic (exact) mass is 394 g/mol. The Bertz CT molecular complexity index is 1210. The van der Waals surface area contributed by atoms with Crippen molar-refractivity contribution in [2.24, 2.45) is 0 Å². The van der Waals surface area contributed by atoms with Crippen LogP contribution in [0.3, 0.4) is 0 Å². The van der Waals surface area contributed by atoms with E-state index in [2.05, 4.69) is 10.3 Å². The van der Waals surface area contributed by atoms with E-state index >= 15 is 0 Å². The molecule has 1 saturated heterocycles. The third kappa shape index (κ3) is 3.00. The number of H-pyrrole nitrogens is 1. The van der Waals surface area contributed by atoms with Gasteiger partial charge in [-0.25, -0.2) is 9.18 Å². The van der Waals surface area contributed by atoms with Crippen LogP contribution in [0.15, 0.2) is 48.3 Å². The smallest absolute Gasteiger partial charge is 0.329 e. The summed E-state index contributed by atoms with van der Waals surface area (Å²) in [5.74, 6) is -1.08. The molecule has 0 atom stereocenters. The molecule has 0 saturated carbocycles. The van der Waals surface area contributed by atoms with Gasteiger partial charge >= 0.3 is 6.03 Å². The molecule has 0 bridgehead atoms. The maximum atomic E-state index is 14.1. The van der Waals surface area contributed by atoms with Crippen LogP contribution in [0.5, 0.6) is 0 Å². The van der Waals surface area contributed by atoms with Crippen LogP contribution in [-0.2, 0) is 11.3 Å². The molecule has 6 nitrogen and oxygen atoms in total. The largest absolute Gasteiger partial charge is 0.358 e. The Morgan fingerprint density at radius 1 is 1.25 bits per heavy atom. The number of rotatable bonds is 3. The molecule has 0 radical (unpaired) electrons. The molecule has 2 N–H and O–H groups in total. The highest BCUT2D eigenvalue weighted by Gasteiger charge is 2.33. The molecule has 1 aliphatic rings. The van der Waals surface area contributed by atoms with Crippen LogP contribution in [0.4, 0.5) is 9.18 Å². The Morgan fingerprint density at radius 2 is 2.07 bits per heavy atom. The second kappa shape index (κ2) is 6.83. The van der Waals surface area contributed by atoms with Gasteiger partial charge in [-0.3, -0.25) is 9.69 Å². The van der Waals surface area contributed by atoms with Crippen LogP contribution in [0.2, 0.25) is 5.02 Å². The van der Waals surface area contributed by atoms with E-state index in [1.165, 1.54) is 18.3 Å². The summed E-state index contributed by atoms with van der Waals surface area (Å²) in [6.45, 7) is 0.0373. The minimum atomic E-state index is -0.579. The standard InChI is InChI=1S/C20H12ClFN4O2/c21-15-5-4-14-13(9-24-18(14)17(15)22)7-16-19(27)26(20(28)25-16)10-12-3-1-2-11(6-12)8-23/h1-7,9,24H,10H2,(H,25,28)/b16-7-. The summed E-state index contributed by atoms with van der Waals surface area (Å²) in [7, 11) is 0. The van der Waals surface area contributed by atoms with Crippen LogP contribution in [0.1, 0.15) is 16.7 Å². The number of imide groups is 1. The fourth-order valence-corrected chi connectivity index (χ4v) is 3.23. The molecule has 2 aromatic carbocycles. The lowest BCUT2D eigenvalue weighted by molar-refractivity contribution is -0.123. The SMILES string of the molecule is N#Cc1cccc(CN2C(=O)N/C(=C\c3c[nH]c4c(F)c(Cl)ccc34)C2=O)c1. The van der Waals surface area contributed by atoms with Gasteiger partial charge in [-0.2, -0.15) is 5.26 Å². The number of halogens is 2. The van der Waals surface area contributed by atoms with Crippen molar-refractivity contribution in [1.29, 1.82) is 5.26 Å². The zero-order valence-corrected chi connectivity index (χ0v) is 15.0. The van der Waals surface area contributed by atoms with E-state index in [0.717, 1.165) is 4.90 Å². The Labute approximate surface area is 163 Å². The summed E-state index contributed by atoms with van der Waals surface area (Å²) in [6, 6.07) is 11.2. The average molecular weight is 395 g/mol. The maximum absolute atomic E-state index is 14.1. The molecule has 0 aliphatic carbocycles. The van der Waals surface area contributed by atoms with Crippen molar-refractivity contribution in [2.45, 2.75) is 6.54 Å². The van der Waals surface area contributed by atoms with Gasteiger partial charge in [0, 0.05) is 17.1 Å². The topological polar surface area (TPSA) is 89.0 Å². The summed E-state index contributed by atoms with van der Waals surface area (Å²) in [4.78, 5) is 28.7. The van der Waals surface area contributed by atoms with Crippen LogP contribution in [-0.4, -0.2) is 21.8 Å². The first-order valence-corrected chi connectivity index (χ1v) is 8.64. The van der Waals surface area contributed by atoms with Crippen molar-refractivity contribution in [3.8, 4) is 6.07 Å². The van der Waals surface area contributed by atoms with Crippen molar-refractivity contribution in [3.05, 3.63) is 75.8 Å². The van der Waals surface area contributed by atoms with Gasteiger partial charge in [0.05, 0.1) is 28.7 Å². The molecule has 0 unspecified atom stereocenters. The average Bonchev–Trinajstić information content (AvgIpc) is 3.22. The molecule has 28 heavy (non-hydrogen) atoms. The first-order chi connectivity index (χ1) is 13.5. The number of carbonyl (C=O) groups is 2. The summed E-state index contributed by atoms with van der Waals surface area (Å²) in [6.07, 6.45) is 3.02. The lowest BCUT2D eigenvalue weighted by atomic mass is 10.1. The summed E-state index contributed by atoms with van der Waals surface area (Å²) < 4.78 is 14.1. The summed E-state index contributed by atoms with van der Waals surface area (Å²) in [5, 5.41) is 12.0. The van der Waals surface area contributed by atoms with Crippen molar-refractivity contribution in [1.82, 2.24) is 15.2 Å². The van der Waals surface area contributed by atoms with Gasteiger partial charge in [-0.15, -0.1) is 0 Å². The summed E-state index contributed by atoms with van der Waals surface area (Å²) in [5.41, 5.74) is 1.95. The van der Waals surface area contributed by atoms with E-state index < -0.39 is 17.8 Å². The van der Waals surface area contributed by atoms with Crippen LogP contribution in [0.25, 0.3) is 17.0 Å². The molecule has 4 rings (SSSR count). The van der Waals surface area contributed by atoms with Gasteiger partial charge < -0.3 is 10.3 Å². The second-order valence-corrected chi connectivity index (χ2v) is 6.63. The van der Waals surface area contributed by atoms with E-state index in [9.17, 15) is 14.0 Å². The third-order valence-electron chi connectivity index (χ3n) is 4.44. The first kappa shape index (κ1) is 17.8. The van der Waals surface area contributed by atoms with Gasteiger partial charge in [0.2, 0.25) is 0 Å². The zero-order chi connectivity index (χ0) is 19.8. The number of nitrogens with zero attached hydrogens (tertiary/aromatic N) is 2. The number of amides is 3. The maximum Gasteiger partial charge on any atom is 0.329 e. The van der Waals surface area contributed by atoms with Crippen LogP contribution >= 0.6 is 11.6 Å². The van der Waals surface area contributed by atoms with Gasteiger partial charge in [0.15, 0.2) is 5.82 Å². The molecule has 0 spiro atoms. The molecule has 3 aromatic rings. The van der Waals surface area contributed by atoms with E-state index in [-0.39, 0.29) is 22.8 Å². The normalized spacial score (nSPS) is 15.3. The summed E-state index contributed by atoms with van der Waals surface area (Å²) >= 11 is 5.78. The van der Waals surface area contributed by atoms with Crippen molar-refractivity contribution < 1.29 is 14.0 Å². The van der Waals surface area contributed by atoms with Gasteiger partial charge in [-0.1, -0.05) is 29.8 Å². The number of fused-ring (bicyclic) bond motifs is 1. The molecule has 2 heterocycles. The number of nitrogens with one attached hydrogen (secondary N) is 2. The Balaban J connectivity index is 1.64. The number of urea groups is 1. The lowest BCUT2D eigenvalue weighted by Gasteiger charge is -2.11. The number of aromatic amines is 1. The molecule has 1 aliphatic heterocycles. The fourth-order valence-electron chi connectivity index (χ4n) is 3.07. The second-order valence-electron chi connectivity index (χ2n) is 6.22. The molecule has 1 fully saturated rings. The number of hydrogen-bond acceptors (Lipinski definition) is 3. The first-order valence-electron chi connectivity index (χ1n) is 8.26. The number of carbonyl (C=O) groups excluding carboxylic acids is 2. The third-order valence-corrected chi connectivity index (χ3v) is 4.73. The van der Waals surface area contributed by atoms with Crippen molar-refractivity contribution in [3.63, 3.8) is 0 Å². The quantitative estimate of drug-likeness (QED) is 0.521. The number of nitriles is 1. The molecule has 8 heteroatoms. The van der Waals surface area contributed by atoms with Crippen LogP contribution < -0.4 is 5.32 Å². The number of aromatic nitrogens is 1. The predicted octanol–water partition coefficient (Wildman–Crippen LogP) is 3.92. The minimum Gasteiger partial charge on any atom is -0.358 e. The molecular weight excluding hydrogens is 383 g/mol. The number of hydrogen-bond donors (Lipinski definition) is 2. The highest BCUT2D eigenvalue weighted by molar-refractivity contribution is 6.31. The van der Waals surface area contributed by atoms with E-state index in [0.29, 0.717) is 22.1 Å². The van der Waals surface area contributed by atoms with Crippen LogP contribution in [0, 0.1) is 17.1 Å². The minimum absolute atomic E-state index is 0.00965. The highest BCUT2D eigenvalue weighted by atomic mass is 35.5. The Kier molecular flexibility index (Phi) is 4.34. The van der Waals surface area contributed by atoms with Gasteiger partial charge in [0.25, 0.3) is 5.91 Å². The fraction of sp³-hybridized carbons (Fsp3) is 0.0500. The van der Waals surface area contributed by atoms with Gasteiger partial charge in [0.1, 0.15) is 5.70 Å². The van der Waals surface area contributed by atoms with Gasteiger partial charge in [-0.05, 0) is 29.8 Å². The lowest BCUT2D eigenvalue weighted by Crippen LogP contribution is -2.30. The molecule has 1 aromatic heterocycles.